The number of benzene rings is 2. The predicted molar refractivity (Wildman–Crippen MR) is 111 cm³/mol. The zero-order valence-electron chi connectivity index (χ0n) is 16.0. The van der Waals surface area contributed by atoms with Crippen LogP contribution in [0.25, 0.3) is 10.2 Å². The average Bonchev–Trinajstić information content (AvgIpc) is 3.15. The maximum atomic E-state index is 13.6. The fourth-order valence-corrected chi connectivity index (χ4v) is 4.90. The first-order valence-electron chi connectivity index (χ1n) is 9.87. The number of aromatic nitrogens is 1. The van der Waals surface area contributed by atoms with Crippen molar-refractivity contribution in [2.45, 2.75) is 25.2 Å². The van der Waals surface area contributed by atoms with Crippen LogP contribution in [0.2, 0.25) is 0 Å². The summed E-state index contributed by atoms with van der Waals surface area (Å²) in [5.41, 5.74) is 1.07. The molecule has 1 amide bonds. The van der Waals surface area contributed by atoms with Crippen molar-refractivity contribution < 1.29 is 13.6 Å². The van der Waals surface area contributed by atoms with Gasteiger partial charge < -0.3 is 5.32 Å². The summed E-state index contributed by atoms with van der Waals surface area (Å²) >= 11 is 1.76. The summed E-state index contributed by atoms with van der Waals surface area (Å²) in [6.45, 7) is 2.22. The highest BCUT2D eigenvalue weighted by Crippen LogP contribution is 2.33. The Labute approximate surface area is 172 Å². The second-order valence-corrected chi connectivity index (χ2v) is 8.43. The van der Waals surface area contributed by atoms with E-state index in [4.69, 9.17) is 4.98 Å². The number of hydrogen-bond donors (Lipinski definition) is 1. The number of thiazole rings is 1. The maximum Gasteiger partial charge on any atom is 0.234 e. The van der Waals surface area contributed by atoms with Gasteiger partial charge in [-0.15, -0.1) is 11.3 Å². The van der Waals surface area contributed by atoms with Crippen LogP contribution in [0, 0.1) is 11.6 Å². The van der Waals surface area contributed by atoms with Gasteiger partial charge in [0.2, 0.25) is 5.91 Å². The summed E-state index contributed by atoms with van der Waals surface area (Å²) < 4.78 is 28.5. The molecule has 0 bridgehead atoms. The molecule has 2 heterocycles. The lowest BCUT2D eigenvalue weighted by Crippen LogP contribution is -2.41. The molecule has 152 valence electrons. The quantitative estimate of drug-likeness (QED) is 0.659. The summed E-state index contributed by atoms with van der Waals surface area (Å²) in [7, 11) is 0. The minimum atomic E-state index is -0.573. The monoisotopic (exact) mass is 415 g/mol. The summed E-state index contributed by atoms with van der Waals surface area (Å²) in [5.74, 6) is -0.816. The topological polar surface area (TPSA) is 45.2 Å². The number of para-hydroxylation sites is 1. The molecular weight excluding hydrogens is 392 g/mol. The van der Waals surface area contributed by atoms with E-state index >= 15 is 0 Å². The van der Waals surface area contributed by atoms with Crippen LogP contribution in [-0.2, 0) is 11.2 Å². The van der Waals surface area contributed by atoms with Crippen LogP contribution in [0.5, 0.6) is 0 Å². The minimum Gasteiger partial charge on any atom is -0.355 e. The van der Waals surface area contributed by atoms with E-state index in [2.05, 4.69) is 16.3 Å². The Morgan fingerprint density at radius 1 is 1.10 bits per heavy atom. The van der Waals surface area contributed by atoms with E-state index in [-0.39, 0.29) is 24.4 Å². The molecule has 3 aromatic rings. The molecule has 2 aromatic carbocycles. The Kier molecular flexibility index (Phi) is 6.16. The van der Waals surface area contributed by atoms with E-state index in [1.54, 1.807) is 11.3 Å². The van der Waals surface area contributed by atoms with Crippen LogP contribution >= 0.6 is 11.3 Å². The van der Waals surface area contributed by atoms with Gasteiger partial charge in [-0.3, -0.25) is 9.69 Å². The molecule has 4 nitrogen and oxygen atoms in total. The largest absolute Gasteiger partial charge is 0.355 e. The third-order valence-corrected chi connectivity index (χ3v) is 6.57. The lowest BCUT2D eigenvalue weighted by molar-refractivity contribution is -0.122. The van der Waals surface area contributed by atoms with Crippen molar-refractivity contribution in [1.29, 1.82) is 0 Å². The SMILES string of the molecule is O=C(CN1CCC(c2nc3ccccc3s2)CC1)NCCc1c(F)cccc1F. The Balaban J connectivity index is 1.22. The molecule has 0 unspecified atom stereocenters. The number of halogens is 2. The van der Waals surface area contributed by atoms with Gasteiger partial charge in [-0.1, -0.05) is 18.2 Å². The zero-order chi connectivity index (χ0) is 20.2. The van der Waals surface area contributed by atoms with E-state index in [0.29, 0.717) is 12.5 Å². The van der Waals surface area contributed by atoms with Crippen molar-refractivity contribution in [2.24, 2.45) is 0 Å². The van der Waals surface area contributed by atoms with Crippen LogP contribution in [0.15, 0.2) is 42.5 Å². The first kappa shape index (κ1) is 19.9. The number of carbonyl (C=O) groups excluding carboxylic acids is 1. The Hall–Kier alpha value is -2.38. The Morgan fingerprint density at radius 3 is 2.55 bits per heavy atom. The summed E-state index contributed by atoms with van der Waals surface area (Å²) in [4.78, 5) is 19.1. The molecule has 29 heavy (non-hydrogen) atoms. The highest BCUT2D eigenvalue weighted by molar-refractivity contribution is 7.18. The molecule has 1 N–H and O–H groups in total. The van der Waals surface area contributed by atoms with Crippen LogP contribution in [0.1, 0.15) is 29.3 Å². The summed E-state index contributed by atoms with van der Waals surface area (Å²) in [5, 5.41) is 3.95. The van der Waals surface area contributed by atoms with Gasteiger partial charge in [-0.25, -0.2) is 13.8 Å². The van der Waals surface area contributed by atoms with E-state index in [9.17, 15) is 13.6 Å². The third kappa shape index (κ3) is 4.79. The predicted octanol–water partition coefficient (Wildman–Crippen LogP) is 4.11. The van der Waals surface area contributed by atoms with Crippen molar-refractivity contribution in [2.75, 3.05) is 26.2 Å². The van der Waals surface area contributed by atoms with E-state index < -0.39 is 11.6 Å². The molecule has 0 saturated carbocycles. The number of fused-ring (bicyclic) bond motifs is 1. The van der Waals surface area contributed by atoms with Gasteiger partial charge in [-0.2, -0.15) is 0 Å². The average molecular weight is 416 g/mol. The fourth-order valence-electron chi connectivity index (χ4n) is 3.76. The van der Waals surface area contributed by atoms with Gasteiger partial charge in [0.05, 0.1) is 21.8 Å². The van der Waals surface area contributed by atoms with Crippen molar-refractivity contribution in [3.05, 3.63) is 64.7 Å². The highest BCUT2D eigenvalue weighted by atomic mass is 32.1. The molecule has 0 aliphatic carbocycles. The number of likely N-dealkylation sites (tertiary alicyclic amines) is 1. The normalized spacial score (nSPS) is 15.7. The van der Waals surface area contributed by atoms with E-state index in [1.165, 1.54) is 27.9 Å². The van der Waals surface area contributed by atoms with Crippen molar-refractivity contribution >= 4 is 27.5 Å². The number of piperidine rings is 1. The number of nitrogens with one attached hydrogen (secondary N) is 1. The number of amides is 1. The van der Waals surface area contributed by atoms with E-state index in [1.807, 2.05) is 18.2 Å². The van der Waals surface area contributed by atoms with Crippen LogP contribution in [0.4, 0.5) is 8.78 Å². The first-order chi connectivity index (χ1) is 14.1. The Bertz CT molecular complexity index is 945. The molecule has 1 aromatic heterocycles. The van der Waals surface area contributed by atoms with Crippen molar-refractivity contribution in [1.82, 2.24) is 15.2 Å². The molecule has 1 aliphatic heterocycles. The number of rotatable bonds is 6. The summed E-state index contributed by atoms with van der Waals surface area (Å²) in [6.07, 6.45) is 2.10. The molecular formula is C22H23F2N3OS. The number of hydrogen-bond acceptors (Lipinski definition) is 4. The second-order valence-electron chi connectivity index (χ2n) is 7.37. The van der Waals surface area contributed by atoms with Gasteiger partial charge in [0.1, 0.15) is 11.6 Å². The second kappa shape index (κ2) is 8.97. The lowest BCUT2D eigenvalue weighted by Gasteiger charge is -2.30. The van der Waals surface area contributed by atoms with Gasteiger partial charge >= 0.3 is 0 Å². The van der Waals surface area contributed by atoms with Crippen LogP contribution in [-0.4, -0.2) is 42.0 Å². The van der Waals surface area contributed by atoms with Crippen LogP contribution < -0.4 is 5.32 Å². The van der Waals surface area contributed by atoms with Gasteiger partial charge in [0.25, 0.3) is 0 Å². The standard InChI is InChI=1S/C22H23F2N3OS/c23-17-4-3-5-18(24)16(17)8-11-25-21(28)14-27-12-9-15(10-13-27)22-26-19-6-1-2-7-20(19)29-22/h1-7,15H,8-14H2,(H,25,28). The molecule has 0 atom stereocenters. The molecule has 1 aliphatic rings. The number of carbonyl (C=O) groups is 1. The fraction of sp³-hybridized carbons (Fsp3) is 0.364. The van der Waals surface area contributed by atoms with Gasteiger partial charge in [0.15, 0.2) is 0 Å². The number of nitrogens with zero attached hydrogens (tertiary/aromatic N) is 2. The van der Waals surface area contributed by atoms with Gasteiger partial charge in [0, 0.05) is 18.0 Å². The molecule has 1 saturated heterocycles. The lowest BCUT2D eigenvalue weighted by atomic mass is 9.97. The smallest absolute Gasteiger partial charge is 0.234 e. The van der Waals surface area contributed by atoms with E-state index in [0.717, 1.165) is 31.4 Å². The molecule has 0 spiro atoms. The zero-order valence-corrected chi connectivity index (χ0v) is 16.9. The van der Waals surface area contributed by atoms with Crippen LogP contribution in [0.3, 0.4) is 0 Å². The third-order valence-electron chi connectivity index (χ3n) is 5.37. The van der Waals surface area contributed by atoms with Crippen molar-refractivity contribution in [3.63, 3.8) is 0 Å². The highest BCUT2D eigenvalue weighted by Gasteiger charge is 2.24. The molecule has 0 radical (unpaired) electrons. The maximum absolute atomic E-state index is 13.6. The first-order valence-corrected chi connectivity index (χ1v) is 10.7. The molecule has 4 rings (SSSR count). The minimum absolute atomic E-state index is 0.0180. The summed E-state index contributed by atoms with van der Waals surface area (Å²) in [6, 6.07) is 12.0. The Morgan fingerprint density at radius 2 is 1.83 bits per heavy atom. The molecule has 7 heteroatoms. The van der Waals surface area contributed by atoms with Crippen molar-refractivity contribution in [3.8, 4) is 0 Å². The molecule has 1 fully saturated rings. The van der Waals surface area contributed by atoms with Gasteiger partial charge in [-0.05, 0) is 56.6 Å².